The van der Waals surface area contributed by atoms with Crippen LogP contribution in [0, 0.1) is 0 Å². The highest BCUT2D eigenvalue weighted by Gasteiger charge is 2.31. The molecule has 5 atom stereocenters. The third kappa shape index (κ3) is 3.61. The maximum Gasteiger partial charge on any atom is 0.113 e. The largest absolute Gasteiger partial charge is 0.377 e. The minimum atomic E-state index is -0.384. The first-order valence-corrected chi connectivity index (χ1v) is 7.25. The summed E-state index contributed by atoms with van der Waals surface area (Å²) in [5.74, 6) is 0. The average Bonchev–Trinajstić information content (AvgIpc) is 2.45. The lowest BCUT2D eigenvalue weighted by Gasteiger charge is -2.42. The van der Waals surface area contributed by atoms with E-state index in [1.807, 2.05) is 18.2 Å². The Bertz CT molecular complexity index is 431. The predicted molar refractivity (Wildman–Crippen MR) is 82.4 cm³/mol. The van der Waals surface area contributed by atoms with Crippen LogP contribution in [0.4, 0.5) is 0 Å². The first-order valence-electron chi connectivity index (χ1n) is 7.25. The van der Waals surface area contributed by atoms with Crippen LogP contribution in [0.1, 0.15) is 0 Å². The molecular weight excluding hydrogens is 286 g/mol. The molecule has 11 heteroatoms. The molecule has 3 rings (SSSR count). The molecule has 5 unspecified atom stereocenters. The molecule has 0 bridgehead atoms. The van der Waals surface area contributed by atoms with Gasteiger partial charge in [0.1, 0.15) is 31.3 Å². The van der Waals surface area contributed by atoms with E-state index in [4.69, 9.17) is 22.9 Å². The van der Waals surface area contributed by atoms with Crippen molar-refractivity contribution in [2.45, 2.75) is 43.5 Å². The summed E-state index contributed by atoms with van der Waals surface area (Å²) < 4.78 is 0. The van der Waals surface area contributed by atoms with Crippen LogP contribution < -0.4 is 60.2 Å². The number of allylic oxidation sites excluding steroid dienone is 2. The van der Waals surface area contributed by atoms with Gasteiger partial charge in [0, 0.05) is 5.70 Å². The van der Waals surface area contributed by atoms with Crippen LogP contribution in [0.3, 0.4) is 0 Å². The Labute approximate surface area is 128 Å². The van der Waals surface area contributed by atoms with Crippen molar-refractivity contribution in [3.05, 3.63) is 23.9 Å². The Hall–Kier alpha value is -1.12. The molecule has 15 N–H and O–H groups in total. The van der Waals surface area contributed by atoms with Gasteiger partial charge in [-0.15, -0.1) is 0 Å². The summed E-state index contributed by atoms with van der Waals surface area (Å²) in [6.45, 7) is 0. The summed E-state index contributed by atoms with van der Waals surface area (Å²) in [4.78, 5) is 0. The van der Waals surface area contributed by atoms with Gasteiger partial charge in [0.2, 0.25) is 0 Å². The molecule has 0 aromatic rings. The second-order valence-corrected chi connectivity index (χ2v) is 5.50. The van der Waals surface area contributed by atoms with E-state index in [-0.39, 0.29) is 43.5 Å². The van der Waals surface area contributed by atoms with Crippen molar-refractivity contribution in [1.82, 2.24) is 37.2 Å². The summed E-state index contributed by atoms with van der Waals surface area (Å²) in [6, 6.07) is -0.0230. The standard InChI is InChI=1S/C11H25N11/c12-8-17-6(18-9(13)21-8)4-2-1-3-5(16-4)7-19-10(14)22-11(15)20-7/h1-4,6-11,16-22H,12-15H2. The zero-order chi connectivity index (χ0) is 15.7. The minimum Gasteiger partial charge on any atom is -0.377 e. The summed E-state index contributed by atoms with van der Waals surface area (Å²) in [7, 11) is 0. The Morgan fingerprint density at radius 3 is 1.86 bits per heavy atom. The van der Waals surface area contributed by atoms with Gasteiger partial charge in [0.25, 0.3) is 0 Å². The molecule has 124 valence electrons. The van der Waals surface area contributed by atoms with E-state index in [2.05, 4.69) is 37.2 Å². The number of nitrogens with two attached hydrogens (primary N) is 4. The van der Waals surface area contributed by atoms with Crippen molar-refractivity contribution < 1.29 is 0 Å². The van der Waals surface area contributed by atoms with E-state index < -0.39 is 0 Å². The fraction of sp³-hybridized carbons (Fsp3) is 0.636. The zero-order valence-electron chi connectivity index (χ0n) is 12.1. The van der Waals surface area contributed by atoms with Gasteiger partial charge in [-0.05, 0) is 6.08 Å². The Morgan fingerprint density at radius 2 is 1.27 bits per heavy atom. The van der Waals surface area contributed by atoms with Gasteiger partial charge in [0.05, 0.1) is 12.2 Å². The molecule has 0 aromatic heterocycles. The first-order chi connectivity index (χ1) is 10.5. The normalized spacial score (nSPS) is 46.0. The van der Waals surface area contributed by atoms with E-state index in [0.29, 0.717) is 0 Å². The van der Waals surface area contributed by atoms with Crippen LogP contribution in [0.5, 0.6) is 0 Å². The quantitative estimate of drug-likeness (QED) is 0.233. The lowest BCUT2D eigenvalue weighted by molar-refractivity contribution is 0.180. The highest BCUT2D eigenvalue weighted by Crippen LogP contribution is 2.10. The second kappa shape index (κ2) is 6.55. The number of dihydropyridines is 1. The zero-order valence-corrected chi connectivity index (χ0v) is 12.1. The summed E-state index contributed by atoms with van der Waals surface area (Å²) in [5, 5.41) is 22.0. The number of hydrogen-bond acceptors (Lipinski definition) is 11. The van der Waals surface area contributed by atoms with Gasteiger partial charge < -0.3 is 28.3 Å². The summed E-state index contributed by atoms with van der Waals surface area (Å²) >= 11 is 0. The third-order valence-electron chi connectivity index (χ3n) is 3.73. The van der Waals surface area contributed by atoms with Crippen LogP contribution in [-0.2, 0) is 0 Å². The Kier molecular flexibility index (Phi) is 4.70. The Balaban J connectivity index is 1.64. The molecule has 0 radical (unpaired) electrons. The van der Waals surface area contributed by atoms with Crippen LogP contribution in [0.2, 0.25) is 0 Å². The summed E-state index contributed by atoms with van der Waals surface area (Å²) in [5.41, 5.74) is 24.4. The summed E-state index contributed by atoms with van der Waals surface area (Å²) in [6.07, 6.45) is 4.16. The van der Waals surface area contributed by atoms with E-state index in [1.54, 1.807) is 0 Å². The average molecular weight is 311 g/mol. The van der Waals surface area contributed by atoms with Crippen molar-refractivity contribution in [3.8, 4) is 0 Å². The highest BCUT2D eigenvalue weighted by atomic mass is 15.5. The SMILES string of the molecule is NC1NC(N)NC(C2=CC=CC(C3NC(N)NC(N)N3)N2)N1. The van der Waals surface area contributed by atoms with Crippen LogP contribution in [-0.4, -0.2) is 43.5 Å². The maximum absolute atomic E-state index is 5.86. The van der Waals surface area contributed by atoms with E-state index in [1.165, 1.54) is 0 Å². The van der Waals surface area contributed by atoms with Crippen LogP contribution >= 0.6 is 0 Å². The van der Waals surface area contributed by atoms with Gasteiger partial charge in [0.15, 0.2) is 0 Å². The van der Waals surface area contributed by atoms with Crippen LogP contribution in [0.15, 0.2) is 23.9 Å². The fourth-order valence-electron chi connectivity index (χ4n) is 2.75. The third-order valence-corrected chi connectivity index (χ3v) is 3.73. The first kappa shape index (κ1) is 15.8. The van der Waals surface area contributed by atoms with Crippen molar-refractivity contribution in [2.75, 3.05) is 0 Å². The fourth-order valence-corrected chi connectivity index (χ4v) is 2.75. The molecule has 2 saturated heterocycles. The molecule has 22 heavy (non-hydrogen) atoms. The van der Waals surface area contributed by atoms with Gasteiger partial charge >= 0.3 is 0 Å². The molecule has 2 fully saturated rings. The van der Waals surface area contributed by atoms with Crippen LogP contribution in [0.25, 0.3) is 0 Å². The van der Waals surface area contributed by atoms with Crippen molar-refractivity contribution in [2.24, 2.45) is 22.9 Å². The van der Waals surface area contributed by atoms with Gasteiger partial charge in [-0.3, -0.25) is 31.9 Å². The molecule has 0 spiro atoms. The van der Waals surface area contributed by atoms with Gasteiger partial charge in [-0.1, -0.05) is 12.2 Å². The molecule has 0 saturated carbocycles. The van der Waals surface area contributed by atoms with Gasteiger partial charge in [-0.25, -0.2) is 0 Å². The van der Waals surface area contributed by atoms with E-state index in [0.717, 1.165) is 5.70 Å². The molecule has 0 aromatic carbocycles. The van der Waals surface area contributed by atoms with Crippen molar-refractivity contribution in [3.63, 3.8) is 0 Å². The highest BCUT2D eigenvalue weighted by molar-refractivity contribution is 5.25. The Morgan fingerprint density at radius 1 is 0.727 bits per heavy atom. The number of nitrogens with one attached hydrogen (secondary N) is 7. The molecular formula is C11H25N11. The lowest BCUT2D eigenvalue weighted by atomic mass is 10.1. The smallest absolute Gasteiger partial charge is 0.113 e. The van der Waals surface area contributed by atoms with E-state index in [9.17, 15) is 0 Å². The molecule has 3 aliphatic rings. The monoisotopic (exact) mass is 311 g/mol. The topological polar surface area (TPSA) is 188 Å². The van der Waals surface area contributed by atoms with Crippen molar-refractivity contribution in [1.29, 1.82) is 0 Å². The molecule has 0 aliphatic carbocycles. The molecule has 11 nitrogen and oxygen atoms in total. The lowest BCUT2D eigenvalue weighted by Crippen LogP contribution is -2.77. The maximum atomic E-state index is 5.86. The minimum absolute atomic E-state index is 0.0230. The van der Waals surface area contributed by atoms with Crippen molar-refractivity contribution >= 4 is 0 Å². The predicted octanol–water partition coefficient (Wildman–Crippen LogP) is -5.42. The second-order valence-electron chi connectivity index (χ2n) is 5.50. The number of rotatable bonds is 2. The van der Waals surface area contributed by atoms with E-state index >= 15 is 0 Å². The number of hydrogen-bond donors (Lipinski definition) is 11. The molecule has 0 amide bonds. The molecule has 3 heterocycles. The molecule has 3 aliphatic heterocycles. The van der Waals surface area contributed by atoms with Gasteiger partial charge in [-0.2, -0.15) is 0 Å².